The lowest BCUT2D eigenvalue weighted by atomic mass is 10.1. The molecule has 0 radical (unpaired) electrons. The zero-order chi connectivity index (χ0) is 10.7. The molecule has 2 aromatic rings. The van der Waals surface area contributed by atoms with E-state index in [0.29, 0.717) is 0 Å². The Kier molecular flexibility index (Phi) is 4.93. The Bertz CT molecular complexity index is 428. The molecule has 0 amide bonds. The summed E-state index contributed by atoms with van der Waals surface area (Å²) in [4.78, 5) is 5.52. The normalized spacial score (nSPS) is 11.9. The monoisotopic (exact) mass is 254 g/mol. The number of thiazole rings is 1. The smallest absolute Gasteiger partial charge is 0.110 e. The summed E-state index contributed by atoms with van der Waals surface area (Å²) in [5, 5.41) is 1.02. The number of hydrogen-bond donors (Lipinski definition) is 1. The lowest BCUT2D eigenvalue weighted by Crippen LogP contribution is -2.12. The molecule has 0 aliphatic heterocycles. The van der Waals surface area contributed by atoms with Crippen molar-refractivity contribution in [3.05, 3.63) is 52.0 Å². The van der Waals surface area contributed by atoms with Crippen molar-refractivity contribution in [2.75, 3.05) is 0 Å². The molecule has 2 nitrogen and oxygen atoms in total. The van der Waals surface area contributed by atoms with Gasteiger partial charge in [-0.05, 0) is 18.9 Å². The third-order valence-electron chi connectivity index (χ3n) is 2.25. The third kappa shape index (κ3) is 3.30. The van der Waals surface area contributed by atoms with Gasteiger partial charge in [0.15, 0.2) is 0 Å². The molecule has 0 unspecified atom stereocenters. The number of nitrogens with zero attached hydrogens (tertiary/aromatic N) is 1. The maximum atomic E-state index is 6.09. The van der Waals surface area contributed by atoms with Crippen molar-refractivity contribution in [2.45, 2.75) is 19.4 Å². The fourth-order valence-corrected chi connectivity index (χ4v) is 2.27. The van der Waals surface area contributed by atoms with Crippen LogP contribution in [0.4, 0.5) is 0 Å². The Morgan fingerprint density at radius 1 is 1.31 bits per heavy atom. The van der Waals surface area contributed by atoms with Crippen molar-refractivity contribution in [1.29, 1.82) is 0 Å². The van der Waals surface area contributed by atoms with Crippen LogP contribution in [0.3, 0.4) is 0 Å². The van der Waals surface area contributed by atoms with Gasteiger partial charge in [0, 0.05) is 11.1 Å². The highest BCUT2D eigenvalue weighted by atomic mass is 35.5. The van der Waals surface area contributed by atoms with E-state index in [4.69, 9.17) is 5.73 Å². The van der Waals surface area contributed by atoms with E-state index in [-0.39, 0.29) is 18.4 Å². The Hall–Kier alpha value is -0.900. The van der Waals surface area contributed by atoms with Crippen molar-refractivity contribution in [1.82, 2.24) is 4.98 Å². The summed E-state index contributed by atoms with van der Waals surface area (Å²) in [6, 6.07) is 10.3. The number of benzene rings is 1. The van der Waals surface area contributed by atoms with E-state index < -0.39 is 0 Å². The predicted octanol–water partition coefficient (Wildman–Crippen LogP) is 3.12. The molecular formula is C12H15ClN2S. The Morgan fingerprint density at radius 3 is 2.56 bits per heavy atom. The highest BCUT2D eigenvalue weighted by Crippen LogP contribution is 2.20. The minimum Gasteiger partial charge on any atom is -0.322 e. The molecule has 0 fully saturated rings. The van der Waals surface area contributed by atoms with Crippen molar-refractivity contribution in [2.24, 2.45) is 5.73 Å². The molecule has 0 aliphatic rings. The van der Waals surface area contributed by atoms with Gasteiger partial charge in [-0.15, -0.1) is 23.7 Å². The molecule has 1 aromatic carbocycles. The van der Waals surface area contributed by atoms with Gasteiger partial charge in [-0.2, -0.15) is 0 Å². The van der Waals surface area contributed by atoms with Crippen LogP contribution in [0.2, 0.25) is 0 Å². The minimum absolute atomic E-state index is 0. The topological polar surface area (TPSA) is 38.9 Å². The van der Waals surface area contributed by atoms with E-state index in [0.717, 1.165) is 11.4 Å². The van der Waals surface area contributed by atoms with Crippen molar-refractivity contribution < 1.29 is 0 Å². The first kappa shape index (κ1) is 13.2. The molecule has 0 aliphatic carbocycles. The van der Waals surface area contributed by atoms with Gasteiger partial charge < -0.3 is 5.73 Å². The van der Waals surface area contributed by atoms with Crippen molar-refractivity contribution in [3.8, 4) is 0 Å². The van der Waals surface area contributed by atoms with E-state index in [1.807, 2.05) is 24.4 Å². The van der Waals surface area contributed by atoms with Gasteiger partial charge in [0.05, 0.1) is 6.04 Å². The molecule has 4 heteroatoms. The number of rotatable bonds is 3. The number of hydrogen-bond acceptors (Lipinski definition) is 3. The van der Waals surface area contributed by atoms with Gasteiger partial charge in [-0.1, -0.05) is 30.3 Å². The van der Waals surface area contributed by atoms with Gasteiger partial charge in [-0.25, -0.2) is 4.98 Å². The van der Waals surface area contributed by atoms with Gasteiger partial charge >= 0.3 is 0 Å². The van der Waals surface area contributed by atoms with Crippen LogP contribution in [0.5, 0.6) is 0 Å². The first-order valence-electron chi connectivity index (χ1n) is 4.97. The Labute approximate surface area is 106 Å². The van der Waals surface area contributed by atoms with Crippen LogP contribution in [0, 0.1) is 6.92 Å². The summed E-state index contributed by atoms with van der Waals surface area (Å²) in [5.74, 6) is 0. The van der Waals surface area contributed by atoms with E-state index in [1.54, 1.807) is 11.3 Å². The third-order valence-corrected chi connectivity index (χ3v) is 3.30. The minimum atomic E-state index is 0. The molecule has 1 heterocycles. The van der Waals surface area contributed by atoms with E-state index in [9.17, 15) is 0 Å². The molecule has 0 spiro atoms. The predicted molar refractivity (Wildman–Crippen MR) is 71.2 cm³/mol. The van der Waals surface area contributed by atoms with Gasteiger partial charge in [-0.3, -0.25) is 0 Å². The average molecular weight is 255 g/mol. The number of halogens is 1. The largest absolute Gasteiger partial charge is 0.322 e. The molecule has 2 N–H and O–H groups in total. The molecular weight excluding hydrogens is 240 g/mol. The van der Waals surface area contributed by atoms with Gasteiger partial charge in [0.2, 0.25) is 0 Å². The highest BCUT2D eigenvalue weighted by molar-refractivity contribution is 7.11. The molecule has 0 bridgehead atoms. The van der Waals surface area contributed by atoms with Crippen LogP contribution in [0.15, 0.2) is 36.5 Å². The number of aryl methyl sites for hydroxylation is 1. The summed E-state index contributed by atoms with van der Waals surface area (Å²) < 4.78 is 0. The maximum absolute atomic E-state index is 6.09. The quantitative estimate of drug-likeness (QED) is 0.914. The summed E-state index contributed by atoms with van der Waals surface area (Å²) in [7, 11) is 0. The second-order valence-corrected chi connectivity index (χ2v) is 4.87. The summed E-state index contributed by atoms with van der Waals surface area (Å²) in [6.45, 7) is 2.05. The second-order valence-electron chi connectivity index (χ2n) is 3.61. The second kappa shape index (κ2) is 5.99. The fraction of sp³-hybridized carbons (Fsp3) is 0.250. The van der Waals surface area contributed by atoms with E-state index in [1.165, 1.54) is 10.4 Å². The summed E-state index contributed by atoms with van der Waals surface area (Å²) in [6.07, 6.45) is 2.73. The number of nitrogens with two attached hydrogens (primary N) is 1. The Balaban J connectivity index is 0.00000128. The summed E-state index contributed by atoms with van der Waals surface area (Å²) >= 11 is 1.68. The van der Waals surface area contributed by atoms with Crippen LogP contribution >= 0.6 is 23.7 Å². The SMILES string of the molecule is Cc1cnc([C@@H](N)Cc2ccccc2)s1.Cl. The lowest BCUT2D eigenvalue weighted by Gasteiger charge is -2.07. The van der Waals surface area contributed by atoms with Crippen LogP contribution in [-0.4, -0.2) is 4.98 Å². The van der Waals surface area contributed by atoms with Crippen molar-refractivity contribution >= 4 is 23.7 Å². The molecule has 0 saturated heterocycles. The van der Waals surface area contributed by atoms with Crippen molar-refractivity contribution in [3.63, 3.8) is 0 Å². The lowest BCUT2D eigenvalue weighted by molar-refractivity contribution is 0.715. The standard InChI is InChI=1S/C12H14N2S.ClH/c1-9-8-14-12(15-9)11(13)7-10-5-3-2-4-6-10;/h2-6,8,11H,7,13H2,1H3;1H/t11-;/m0./s1. The van der Waals surface area contributed by atoms with Crippen LogP contribution in [0.25, 0.3) is 0 Å². The molecule has 2 rings (SSSR count). The number of aromatic nitrogens is 1. The van der Waals surface area contributed by atoms with Crippen LogP contribution in [0.1, 0.15) is 21.5 Å². The molecule has 0 saturated carbocycles. The summed E-state index contributed by atoms with van der Waals surface area (Å²) in [5.41, 5.74) is 7.35. The molecule has 16 heavy (non-hydrogen) atoms. The Morgan fingerprint density at radius 2 is 2.00 bits per heavy atom. The highest BCUT2D eigenvalue weighted by Gasteiger charge is 2.10. The fourth-order valence-electron chi connectivity index (χ4n) is 1.50. The molecule has 1 atom stereocenters. The first-order valence-corrected chi connectivity index (χ1v) is 5.79. The first-order chi connectivity index (χ1) is 7.25. The molecule has 1 aromatic heterocycles. The molecule has 86 valence electrons. The van der Waals surface area contributed by atoms with Gasteiger partial charge in [0.25, 0.3) is 0 Å². The van der Waals surface area contributed by atoms with Crippen LogP contribution in [-0.2, 0) is 6.42 Å². The van der Waals surface area contributed by atoms with E-state index in [2.05, 4.69) is 24.0 Å². The van der Waals surface area contributed by atoms with Crippen LogP contribution < -0.4 is 5.73 Å². The average Bonchev–Trinajstić information content (AvgIpc) is 2.66. The zero-order valence-corrected chi connectivity index (χ0v) is 10.7. The van der Waals surface area contributed by atoms with Gasteiger partial charge in [0.1, 0.15) is 5.01 Å². The van der Waals surface area contributed by atoms with E-state index >= 15 is 0 Å². The zero-order valence-electron chi connectivity index (χ0n) is 9.09. The maximum Gasteiger partial charge on any atom is 0.110 e.